The van der Waals surface area contributed by atoms with E-state index in [1.807, 2.05) is 18.2 Å². The maximum absolute atomic E-state index is 10.5. The first-order valence-electron chi connectivity index (χ1n) is 14.1. The summed E-state index contributed by atoms with van der Waals surface area (Å²) in [6, 6.07) is 15.2. The third kappa shape index (κ3) is 4.66. The number of ether oxygens (including phenoxy) is 1. The molecule has 2 aliphatic heterocycles. The molecule has 3 fully saturated rings. The third-order valence-electron chi connectivity index (χ3n) is 8.60. The maximum atomic E-state index is 10.5. The van der Waals surface area contributed by atoms with Crippen molar-refractivity contribution >= 4 is 27.6 Å². The van der Waals surface area contributed by atoms with E-state index in [2.05, 4.69) is 48.3 Å². The van der Waals surface area contributed by atoms with Gasteiger partial charge in [0.1, 0.15) is 11.6 Å². The molecule has 2 aromatic heterocycles. The molecule has 7 rings (SSSR count). The number of phenolic OH excluding ortho intramolecular Hbond substituents is 1. The van der Waals surface area contributed by atoms with Crippen LogP contribution in [0, 0.1) is 12.3 Å². The number of aromatic hydroxyl groups is 1. The number of rotatable bonds is 7. The van der Waals surface area contributed by atoms with Gasteiger partial charge in [-0.05, 0) is 87.3 Å². The molecule has 2 N–H and O–H groups in total. The lowest BCUT2D eigenvalue weighted by Gasteiger charge is -2.34. The lowest BCUT2D eigenvalue weighted by atomic mass is 9.97. The van der Waals surface area contributed by atoms with Gasteiger partial charge in [0.2, 0.25) is 0 Å². The number of fused-ring (bicyclic) bond motifs is 4. The molecule has 2 saturated heterocycles. The Hall–Kier alpha value is -3.49. The van der Waals surface area contributed by atoms with E-state index in [4.69, 9.17) is 19.7 Å². The number of aryl methyl sites for hydroxylation is 1. The minimum Gasteiger partial charge on any atom is -0.508 e. The summed E-state index contributed by atoms with van der Waals surface area (Å²) in [5, 5.41) is 17.3. The number of piperazine rings is 1. The average Bonchev–Trinajstić information content (AvgIpc) is 3.59. The summed E-state index contributed by atoms with van der Waals surface area (Å²) in [7, 11) is 4.23. The first-order chi connectivity index (χ1) is 18.9. The first-order valence-corrected chi connectivity index (χ1v) is 14.1. The van der Waals surface area contributed by atoms with E-state index in [9.17, 15) is 5.11 Å². The number of hydrogen-bond acceptors (Lipinski definition) is 8. The molecule has 2 bridgehead atoms. The molecule has 4 aromatic rings. The zero-order valence-corrected chi connectivity index (χ0v) is 22.9. The van der Waals surface area contributed by atoms with Crippen molar-refractivity contribution < 1.29 is 9.84 Å². The highest BCUT2D eigenvalue weighted by Crippen LogP contribution is 2.46. The van der Waals surface area contributed by atoms with Crippen LogP contribution in [0.2, 0.25) is 0 Å². The van der Waals surface area contributed by atoms with Gasteiger partial charge in [0.05, 0.1) is 17.7 Å². The summed E-state index contributed by atoms with van der Waals surface area (Å²) in [4.78, 5) is 19.5. The van der Waals surface area contributed by atoms with Crippen LogP contribution in [0.25, 0.3) is 33.1 Å². The monoisotopic (exact) mass is 524 g/mol. The Morgan fingerprint density at radius 1 is 1.05 bits per heavy atom. The lowest BCUT2D eigenvalue weighted by Crippen LogP contribution is -2.51. The molecule has 0 radical (unpaired) electrons. The Kier molecular flexibility index (Phi) is 5.86. The highest BCUT2D eigenvalue weighted by molar-refractivity contribution is 6.00. The SMILES string of the molecule is Cc1cccc2cc(O)cc(-c3ccc4c(N5CC6CCC(C5)N6)nc(OCC5(CN(C)C)CC5)nc4n3)c12. The van der Waals surface area contributed by atoms with E-state index in [0.717, 1.165) is 58.4 Å². The van der Waals surface area contributed by atoms with Gasteiger partial charge in [0, 0.05) is 42.7 Å². The summed E-state index contributed by atoms with van der Waals surface area (Å²) >= 11 is 0. The normalized spacial score (nSPS) is 21.7. The molecule has 8 heteroatoms. The Balaban J connectivity index is 1.32. The van der Waals surface area contributed by atoms with Gasteiger partial charge in [-0.1, -0.05) is 18.2 Å². The van der Waals surface area contributed by atoms with Crippen molar-refractivity contribution in [1.82, 2.24) is 25.2 Å². The predicted octanol–water partition coefficient (Wildman–Crippen LogP) is 4.52. The van der Waals surface area contributed by atoms with Gasteiger partial charge < -0.3 is 25.0 Å². The summed E-state index contributed by atoms with van der Waals surface area (Å²) in [5.74, 6) is 1.13. The molecule has 2 atom stereocenters. The van der Waals surface area contributed by atoms with Gasteiger partial charge in [-0.2, -0.15) is 9.97 Å². The highest BCUT2D eigenvalue weighted by atomic mass is 16.5. The fourth-order valence-electron chi connectivity index (χ4n) is 6.62. The Morgan fingerprint density at radius 2 is 1.85 bits per heavy atom. The summed E-state index contributed by atoms with van der Waals surface area (Å²) in [6.45, 7) is 5.55. The number of nitrogens with zero attached hydrogens (tertiary/aromatic N) is 5. The molecular formula is C31H36N6O2. The smallest absolute Gasteiger partial charge is 0.320 e. The van der Waals surface area contributed by atoms with Crippen LogP contribution >= 0.6 is 0 Å². The Bertz CT molecular complexity index is 1550. The summed E-state index contributed by atoms with van der Waals surface area (Å²) in [5.41, 5.74) is 3.63. The van der Waals surface area contributed by atoms with E-state index in [1.54, 1.807) is 12.1 Å². The third-order valence-corrected chi connectivity index (χ3v) is 8.60. The standard InChI is InChI=1S/C31H36N6O2/c1-19-5-4-6-20-13-23(38)14-25(27(19)20)26-10-9-24-28(33-26)34-30(39-18-31(11-12-31)17-36(2)3)35-29(24)37-15-21-7-8-22(16-37)32-21/h4-6,9-10,13-14,21-22,32,38H,7-8,11-12,15-18H2,1-3H3. The predicted molar refractivity (Wildman–Crippen MR) is 155 cm³/mol. The molecule has 3 aliphatic rings. The zero-order valence-electron chi connectivity index (χ0n) is 22.9. The van der Waals surface area contributed by atoms with Gasteiger partial charge >= 0.3 is 6.01 Å². The van der Waals surface area contributed by atoms with Crippen molar-refractivity contribution in [2.75, 3.05) is 45.2 Å². The molecule has 2 unspecified atom stereocenters. The van der Waals surface area contributed by atoms with Gasteiger partial charge in [0.15, 0.2) is 5.65 Å². The Labute approximate surface area is 229 Å². The highest BCUT2D eigenvalue weighted by Gasteiger charge is 2.44. The van der Waals surface area contributed by atoms with Gasteiger partial charge in [0.25, 0.3) is 0 Å². The largest absolute Gasteiger partial charge is 0.508 e. The Morgan fingerprint density at radius 3 is 2.59 bits per heavy atom. The molecule has 1 aliphatic carbocycles. The van der Waals surface area contributed by atoms with Crippen LogP contribution in [-0.2, 0) is 0 Å². The van der Waals surface area contributed by atoms with E-state index in [0.29, 0.717) is 30.3 Å². The molecule has 2 aromatic carbocycles. The van der Waals surface area contributed by atoms with E-state index < -0.39 is 0 Å². The number of nitrogens with one attached hydrogen (secondary N) is 1. The maximum Gasteiger partial charge on any atom is 0.320 e. The van der Waals surface area contributed by atoms with E-state index in [-0.39, 0.29) is 11.2 Å². The minimum atomic E-state index is 0.184. The van der Waals surface area contributed by atoms with Gasteiger partial charge in [-0.25, -0.2) is 4.98 Å². The molecule has 0 amide bonds. The van der Waals surface area contributed by atoms with Crippen LogP contribution in [0.15, 0.2) is 42.5 Å². The molecular weight excluding hydrogens is 488 g/mol. The number of aromatic nitrogens is 3. The molecule has 202 valence electrons. The van der Waals surface area contributed by atoms with E-state index >= 15 is 0 Å². The molecule has 39 heavy (non-hydrogen) atoms. The van der Waals surface area contributed by atoms with Crippen LogP contribution in [0.5, 0.6) is 11.8 Å². The lowest BCUT2D eigenvalue weighted by molar-refractivity contribution is 0.183. The molecule has 4 heterocycles. The summed E-state index contributed by atoms with van der Waals surface area (Å²) in [6.07, 6.45) is 4.73. The van der Waals surface area contributed by atoms with E-state index in [1.165, 1.54) is 25.7 Å². The topological polar surface area (TPSA) is 86.6 Å². The van der Waals surface area contributed by atoms with Gasteiger partial charge in [-0.3, -0.25) is 0 Å². The van der Waals surface area contributed by atoms with Crippen LogP contribution in [0.4, 0.5) is 5.82 Å². The van der Waals surface area contributed by atoms with Gasteiger partial charge in [-0.15, -0.1) is 0 Å². The fourth-order valence-corrected chi connectivity index (χ4v) is 6.62. The number of hydrogen-bond donors (Lipinski definition) is 2. The number of anilines is 1. The second kappa shape index (κ2) is 9.31. The van der Waals surface area contributed by atoms with Crippen LogP contribution in [0.3, 0.4) is 0 Å². The van der Waals surface area contributed by atoms with Crippen molar-refractivity contribution in [2.24, 2.45) is 5.41 Å². The molecule has 0 spiro atoms. The van der Waals surface area contributed by atoms with Crippen molar-refractivity contribution in [3.63, 3.8) is 0 Å². The average molecular weight is 525 g/mol. The second-order valence-corrected chi connectivity index (χ2v) is 12.1. The number of pyridine rings is 1. The minimum absolute atomic E-state index is 0.184. The second-order valence-electron chi connectivity index (χ2n) is 12.1. The number of phenols is 1. The van der Waals surface area contributed by atoms with Crippen molar-refractivity contribution in [3.8, 4) is 23.0 Å². The van der Waals surface area contributed by atoms with Crippen LogP contribution in [-0.4, -0.2) is 77.4 Å². The zero-order chi connectivity index (χ0) is 26.7. The quantitative estimate of drug-likeness (QED) is 0.365. The van der Waals surface area contributed by atoms with Crippen LogP contribution < -0.4 is 15.0 Å². The molecule has 8 nitrogen and oxygen atoms in total. The molecule has 1 saturated carbocycles. The van der Waals surface area contributed by atoms with Crippen molar-refractivity contribution in [2.45, 2.75) is 44.7 Å². The number of benzene rings is 2. The van der Waals surface area contributed by atoms with Crippen molar-refractivity contribution in [3.05, 3.63) is 48.0 Å². The fraction of sp³-hybridized carbons (Fsp3) is 0.452. The summed E-state index contributed by atoms with van der Waals surface area (Å²) < 4.78 is 6.33. The first kappa shape index (κ1) is 24.5. The van der Waals surface area contributed by atoms with Crippen molar-refractivity contribution in [1.29, 1.82) is 0 Å². The van der Waals surface area contributed by atoms with Crippen LogP contribution in [0.1, 0.15) is 31.2 Å².